The van der Waals surface area contributed by atoms with Crippen LogP contribution in [0.5, 0.6) is 0 Å². The van der Waals surface area contributed by atoms with Crippen molar-refractivity contribution < 1.29 is 0 Å². The van der Waals surface area contributed by atoms with E-state index in [1.165, 1.54) is 16.3 Å². The van der Waals surface area contributed by atoms with Crippen LogP contribution < -0.4 is 5.32 Å². The summed E-state index contributed by atoms with van der Waals surface area (Å²) in [6.45, 7) is 5.45. The number of rotatable bonds is 4. The van der Waals surface area contributed by atoms with E-state index < -0.39 is 0 Å². The molecule has 3 rings (SSSR count). The molecule has 1 aliphatic rings. The van der Waals surface area contributed by atoms with E-state index in [9.17, 15) is 0 Å². The Kier molecular flexibility index (Phi) is 11.0. The molecule has 2 heterocycles. The molecule has 1 N–H and O–H groups in total. The maximum absolute atomic E-state index is 4.76. The highest BCUT2D eigenvalue weighted by Gasteiger charge is 2.11. The smallest absolute Gasteiger partial charge is 0.0972 e. The Balaban J connectivity index is 0.00000147. The van der Waals surface area contributed by atoms with Crippen LogP contribution >= 0.6 is 48.6 Å². The van der Waals surface area contributed by atoms with Gasteiger partial charge in [0.2, 0.25) is 0 Å². The van der Waals surface area contributed by atoms with Crippen LogP contribution in [0, 0.1) is 0 Å². The van der Waals surface area contributed by atoms with E-state index >= 15 is 0 Å². The minimum absolute atomic E-state index is 0. The number of benzene rings is 1. The number of hydrogen-bond acceptors (Lipinski definition) is 4. The average molecular weight is 383 g/mol. The number of nitrogens with one attached hydrogen (secondary N) is 1. The summed E-state index contributed by atoms with van der Waals surface area (Å²) < 4.78 is 0. The fraction of sp³-hybridized carbons (Fsp3) is 0.400. The van der Waals surface area contributed by atoms with Crippen LogP contribution in [0.1, 0.15) is 16.3 Å². The van der Waals surface area contributed by atoms with Crippen molar-refractivity contribution >= 4 is 48.6 Å². The van der Waals surface area contributed by atoms with Crippen molar-refractivity contribution in [2.75, 3.05) is 26.2 Å². The molecule has 3 nitrogen and oxygen atoms in total. The van der Waals surface area contributed by atoms with Gasteiger partial charge < -0.3 is 5.32 Å². The highest BCUT2D eigenvalue weighted by molar-refractivity contribution is 7.09. The van der Waals surface area contributed by atoms with Crippen molar-refractivity contribution in [3.63, 3.8) is 0 Å². The van der Waals surface area contributed by atoms with E-state index in [0.717, 1.165) is 39.1 Å². The molecule has 1 aromatic heterocycles. The molecule has 0 unspecified atom stereocenters. The van der Waals surface area contributed by atoms with Gasteiger partial charge in [-0.15, -0.1) is 48.6 Å². The predicted octanol–water partition coefficient (Wildman–Crippen LogP) is 3.40. The third kappa shape index (κ3) is 6.41. The molecule has 1 saturated heterocycles. The minimum Gasteiger partial charge on any atom is -0.314 e. The van der Waals surface area contributed by atoms with Crippen LogP contribution in [0.4, 0.5) is 0 Å². The summed E-state index contributed by atoms with van der Waals surface area (Å²) in [6, 6.07) is 10.6. The second-order valence-corrected chi connectivity index (χ2v) is 5.86. The molecule has 0 aliphatic carbocycles. The Morgan fingerprint density at radius 2 is 1.73 bits per heavy atom. The van der Waals surface area contributed by atoms with Crippen LogP contribution in [0.25, 0.3) is 0 Å². The first-order chi connectivity index (χ1) is 9.40. The molecule has 22 heavy (non-hydrogen) atoms. The molecule has 0 radical (unpaired) electrons. The lowest BCUT2D eigenvalue weighted by molar-refractivity contribution is 0.231. The maximum atomic E-state index is 4.76. The SMILES string of the molecule is Cl.Cl.Cl.c1ccc(Cc2nc(CN3CCNCC3)cs2)cc1. The Labute approximate surface area is 154 Å². The standard InChI is InChI=1S/C15H19N3S.3ClH/c1-2-4-13(5-3-1)10-15-17-14(12-19-15)11-18-8-6-16-7-9-18;;;/h1-5,12,16H,6-11H2;3*1H. The summed E-state index contributed by atoms with van der Waals surface area (Å²) >= 11 is 1.78. The minimum atomic E-state index is 0. The van der Waals surface area contributed by atoms with E-state index in [4.69, 9.17) is 4.98 Å². The number of hydrogen-bond donors (Lipinski definition) is 1. The number of piperazine rings is 1. The maximum Gasteiger partial charge on any atom is 0.0972 e. The van der Waals surface area contributed by atoms with Gasteiger partial charge in [0.05, 0.1) is 10.7 Å². The summed E-state index contributed by atoms with van der Waals surface area (Å²) in [5, 5.41) is 6.81. The van der Waals surface area contributed by atoms with Crippen molar-refractivity contribution in [3.05, 3.63) is 52.0 Å². The van der Waals surface area contributed by atoms with Gasteiger partial charge in [0.25, 0.3) is 0 Å². The summed E-state index contributed by atoms with van der Waals surface area (Å²) in [6.07, 6.45) is 0.951. The first-order valence-corrected chi connectivity index (χ1v) is 7.68. The lowest BCUT2D eigenvalue weighted by Gasteiger charge is -2.26. The number of thiazole rings is 1. The zero-order chi connectivity index (χ0) is 12.9. The first-order valence-electron chi connectivity index (χ1n) is 6.80. The highest BCUT2D eigenvalue weighted by atomic mass is 35.5. The number of aromatic nitrogens is 1. The number of nitrogens with zero attached hydrogens (tertiary/aromatic N) is 2. The molecule has 1 aromatic carbocycles. The highest BCUT2D eigenvalue weighted by Crippen LogP contribution is 2.16. The van der Waals surface area contributed by atoms with Crippen LogP contribution in [0.15, 0.2) is 35.7 Å². The molecule has 2 aromatic rings. The lowest BCUT2D eigenvalue weighted by Crippen LogP contribution is -2.42. The fourth-order valence-corrected chi connectivity index (χ4v) is 3.19. The fourth-order valence-electron chi connectivity index (χ4n) is 2.37. The Morgan fingerprint density at radius 3 is 2.41 bits per heavy atom. The predicted molar refractivity (Wildman–Crippen MR) is 101 cm³/mol. The largest absolute Gasteiger partial charge is 0.314 e. The summed E-state index contributed by atoms with van der Waals surface area (Å²) in [5.41, 5.74) is 2.56. The normalized spacial score (nSPS) is 14.4. The third-order valence-electron chi connectivity index (χ3n) is 3.39. The molecule has 0 atom stereocenters. The Morgan fingerprint density at radius 1 is 1.05 bits per heavy atom. The van der Waals surface area contributed by atoms with Gasteiger partial charge in [-0.05, 0) is 5.56 Å². The van der Waals surface area contributed by atoms with Crippen LogP contribution in [-0.4, -0.2) is 36.1 Å². The monoisotopic (exact) mass is 381 g/mol. The van der Waals surface area contributed by atoms with Gasteiger partial charge in [-0.1, -0.05) is 30.3 Å². The van der Waals surface area contributed by atoms with Crippen LogP contribution in [0.2, 0.25) is 0 Å². The van der Waals surface area contributed by atoms with Crippen molar-refractivity contribution in [1.82, 2.24) is 15.2 Å². The Bertz CT molecular complexity index is 516. The first kappa shape index (κ1) is 21.6. The summed E-state index contributed by atoms with van der Waals surface area (Å²) in [5.74, 6) is 0. The summed E-state index contributed by atoms with van der Waals surface area (Å²) in [7, 11) is 0. The van der Waals surface area contributed by atoms with E-state index in [2.05, 4.69) is 45.9 Å². The molecule has 0 spiro atoms. The topological polar surface area (TPSA) is 28.2 Å². The molecular weight excluding hydrogens is 361 g/mol. The summed E-state index contributed by atoms with van der Waals surface area (Å²) in [4.78, 5) is 7.23. The van der Waals surface area contributed by atoms with Crippen LogP contribution in [0.3, 0.4) is 0 Å². The molecule has 1 aliphatic heterocycles. The van der Waals surface area contributed by atoms with Crippen LogP contribution in [-0.2, 0) is 13.0 Å². The molecule has 0 saturated carbocycles. The third-order valence-corrected chi connectivity index (χ3v) is 4.29. The van der Waals surface area contributed by atoms with Gasteiger partial charge in [0.15, 0.2) is 0 Å². The van der Waals surface area contributed by atoms with E-state index in [-0.39, 0.29) is 37.2 Å². The van der Waals surface area contributed by atoms with Gasteiger partial charge in [0.1, 0.15) is 0 Å². The lowest BCUT2D eigenvalue weighted by atomic mass is 10.2. The molecule has 124 valence electrons. The number of halogens is 3. The van der Waals surface area contributed by atoms with E-state index in [0.29, 0.717) is 0 Å². The molecule has 1 fully saturated rings. The molecule has 0 amide bonds. The van der Waals surface area contributed by atoms with Gasteiger partial charge in [-0.3, -0.25) is 4.90 Å². The van der Waals surface area contributed by atoms with Gasteiger partial charge in [-0.25, -0.2) is 4.98 Å². The van der Waals surface area contributed by atoms with Gasteiger partial charge in [0, 0.05) is 44.5 Å². The van der Waals surface area contributed by atoms with Crippen molar-refractivity contribution in [2.24, 2.45) is 0 Å². The zero-order valence-corrected chi connectivity index (χ0v) is 15.5. The van der Waals surface area contributed by atoms with Crippen molar-refractivity contribution in [3.8, 4) is 0 Å². The second kappa shape index (κ2) is 11.2. The molecule has 7 heteroatoms. The quantitative estimate of drug-likeness (QED) is 0.878. The average Bonchev–Trinajstić information content (AvgIpc) is 2.88. The van der Waals surface area contributed by atoms with Crippen molar-refractivity contribution in [1.29, 1.82) is 0 Å². The molecular formula is C15H22Cl3N3S. The van der Waals surface area contributed by atoms with Gasteiger partial charge in [-0.2, -0.15) is 0 Å². The van der Waals surface area contributed by atoms with E-state index in [1.807, 2.05) is 0 Å². The molecule has 0 bridgehead atoms. The zero-order valence-electron chi connectivity index (χ0n) is 12.2. The Hall–Kier alpha value is -0.360. The van der Waals surface area contributed by atoms with Gasteiger partial charge >= 0.3 is 0 Å². The second-order valence-electron chi connectivity index (χ2n) is 4.92. The van der Waals surface area contributed by atoms with E-state index in [1.54, 1.807) is 11.3 Å². The van der Waals surface area contributed by atoms with Crippen molar-refractivity contribution in [2.45, 2.75) is 13.0 Å².